The van der Waals surface area contributed by atoms with Gasteiger partial charge in [-0.2, -0.15) is 0 Å². The standard InChI is InChI=1S/C20H34OSi/c1-8-9-16-12-13-20(4)17(10-11-18(20)15(2)3)14-19(16)21-22(5,6)7/h8,14-15,18H,1,9-13H2,2-7H3/t18-,20+/m1/s1. The molecule has 22 heavy (non-hydrogen) atoms. The summed E-state index contributed by atoms with van der Waals surface area (Å²) in [5.74, 6) is 2.76. The van der Waals surface area contributed by atoms with E-state index in [1.165, 1.54) is 30.6 Å². The highest BCUT2D eigenvalue weighted by Crippen LogP contribution is 2.55. The molecule has 0 N–H and O–H groups in total. The van der Waals surface area contributed by atoms with Gasteiger partial charge >= 0.3 is 0 Å². The van der Waals surface area contributed by atoms with Crippen molar-refractivity contribution in [1.82, 2.24) is 0 Å². The molecule has 0 saturated heterocycles. The van der Waals surface area contributed by atoms with Crippen LogP contribution < -0.4 is 0 Å². The molecule has 0 unspecified atom stereocenters. The van der Waals surface area contributed by atoms with Gasteiger partial charge in [0.25, 0.3) is 0 Å². The van der Waals surface area contributed by atoms with Crippen LogP contribution in [0, 0.1) is 17.3 Å². The van der Waals surface area contributed by atoms with Crippen LogP contribution in [0.25, 0.3) is 0 Å². The predicted octanol–water partition coefficient (Wildman–Crippen LogP) is 6.46. The van der Waals surface area contributed by atoms with Gasteiger partial charge in [-0.25, -0.2) is 0 Å². The van der Waals surface area contributed by atoms with Crippen molar-refractivity contribution >= 4 is 8.32 Å². The molecule has 2 aliphatic rings. The average molecular weight is 319 g/mol. The number of rotatable bonds is 5. The molecule has 0 bridgehead atoms. The van der Waals surface area contributed by atoms with E-state index >= 15 is 0 Å². The first-order valence-corrected chi connectivity index (χ1v) is 12.3. The average Bonchev–Trinajstić information content (AvgIpc) is 2.64. The molecule has 2 rings (SSSR count). The highest BCUT2D eigenvalue weighted by Gasteiger charge is 2.44. The number of fused-ring (bicyclic) bond motifs is 1. The van der Waals surface area contributed by atoms with Gasteiger partial charge in [-0.1, -0.05) is 32.4 Å². The quantitative estimate of drug-likeness (QED) is 0.417. The van der Waals surface area contributed by atoms with E-state index in [9.17, 15) is 0 Å². The van der Waals surface area contributed by atoms with Gasteiger partial charge in [-0.15, -0.1) is 6.58 Å². The summed E-state index contributed by atoms with van der Waals surface area (Å²) in [5, 5.41) is 0. The van der Waals surface area contributed by atoms with Crippen molar-refractivity contribution in [3.05, 3.63) is 35.6 Å². The molecule has 0 amide bonds. The Hall–Kier alpha value is -0.763. The van der Waals surface area contributed by atoms with Crippen molar-refractivity contribution in [3.63, 3.8) is 0 Å². The zero-order valence-corrected chi connectivity index (χ0v) is 16.5. The van der Waals surface area contributed by atoms with Crippen molar-refractivity contribution < 1.29 is 4.43 Å². The van der Waals surface area contributed by atoms with E-state index in [0.717, 1.165) is 24.7 Å². The van der Waals surface area contributed by atoms with Crippen LogP contribution in [0.3, 0.4) is 0 Å². The fourth-order valence-electron chi connectivity index (χ4n) is 4.41. The smallest absolute Gasteiger partial charge is 0.242 e. The Bertz CT molecular complexity index is 492. The topological polar surface area (TPSA) is 9.23 Å². The maximum Gasteiger partial charge on any atom is 0.242 e. The minimum absolute atomic E-state index is 0.366. The Balaban J connectivity index is 2.39. The third-order valence-corrected chi connectivity index (χ3v) is 6.32. The Kier molecular flexibility index (Phi) is 5.11. The van der Waals surface area contributed by atoms with E-state index in [2.05, 4.69) is 53.1 Å². The maximum absolute atomic E-state index is 6.47. The third kappa shape index (κ3) is 3.59. The first-order chi connectivity index (χ1) is 10.2. The normalized spacial score (nSPS) is 29.2. The summed E-state index contributed by atoms with van der Waals surface area (Å²) in [5.41, 5.74) is 3.46. The molecular weight excluding hydrogens is 284 g/mol. The van der Waals surface area contributed by atoms with Gasteiger partial charge in [-0.05, 0) is 80.6 Å². The van der Waals surface area contributed by atoms with Crippen LogP contribution >= 0.6 is 0 Å². The monoisotopic (exact) mass is 318 g/mol. The number of hydrogen-bond acceptors (Lipinski definition) is 1. The summed E-state index contributed by atoms with van der Waals surface area (Å²) >= 11 is 0. The van der Waals surface area contributed by atoms with Gasteiger partial charge in [0.1, 0.15) is 5.76 Å². The van der Waals surface area contributed by atoms with E-state index in [4.69, 9.17) is 4.43 Å². The second kappa shape index (κ2) is 6.39. The first-order valence-electron chi connectivity index (χ1n) is 8.90. The van der Waals surface area contributed by atoms with Crippen LogP contribution in [0.4, 0.5) is 0 Å². The first kappa shape index (κ1) is 17.6. The Morgan fingerprint density at radius 3 is 2.59 bits per heavy atom. The summed E-state index contributed by atoms with van der Waals surface area (Å²) in [6.07, 6.45) is 10.4. The van der Waals surface area contributed by atoms with E-state index in [1.54, 1.807) is 5.57 Å². The van der Waals surface area contributed by atoms with Crippen molar-refractivity contribution in [2.75, 3.05) is 0 Å². The fraction of sp³-hybridized carbons (Fsp3) is 0.700. The molecule has 0 aliphatic heterocycles. The summed E-state index contributed by atoms with van der Waals surface area (Å²) in [4.78, 5) is 0. The van der Waals surface area contributed by atoms with Crippen molar-refractivity contribution in [1.29, 1.82) is 0 Å². The Morgan fingerprint density at radius 2 is 2.05 bits per heavy atom. The van der Waals surface area contributed by atoms with Gasteiger partial charge in [0, 0.05) is 0 Å². The molecule has 0 aromatic carbocycles. The van der Waals surface area contributed by atoms with Crippen LogP contribution in [0.1, 0.15) is 52.9 Å². The molecule has 2 atom stereocenters. The van der Waals surface area contributed by atoms with Gasteiger partial charge in [0.05, 0.1) is 0 Å². The van der Waals surface area contributed by atoms with Crippen molar-refractivity contribution in [2.45, 2.75) is 72.5 Å². The molecule has 0 spiro atoms. The summed E-state index contributed by atoms with van der Waals surface area (Å²) < 4.78 is 6.47. The lowest BCUT2D eigenvalue weighted by molar-refractivity contribution is 0.195. The molecule has 124 valence electrons. The minimum atomic E-state index is -1.58. The molecule has 0 aromatic rings. The van der Waals surface area contributed by atoms with Crippen LogP contribution in [-0.2, 0) is 4.43 Å². The summed E-state index contributed by atoms with van der Waals surface area (Å²) in [6, 6.07) is 0. The molecule has 2 aliphatic carbocycles. The zero-order valence-electron chi connectivity index (χ0n) is 15.5. The van der Waals surface area contributed by atoms with E-state index < -0.39 is 8.32 Å². The Morgan fingerprint density at radius 1 is 1.36 bits per heavy atom. The van der Waals surface area contributed by atoms with Crippen LogP contribution in [0.5, 0.6) is 0 Å². The lowest BCUT2D eigenvalue weighted by Gasteiger charge is -2.35. The van der Waals surface area contributed by atoms with Gasteiger partial charge in [0.15, 0.2) is 0 Å². The molecule has 1 nitrogen and oxygen atoms in total. The highest BCUT2D eigenvalue weighted by molar-refractivity contribution is 6.70. The second-order valence-corrected chi connectivity index (χ2v) is 13.1. The lowest BCUT2D eigenvalue weighted by atomic mass is 9.69. The number of allylic oxidation sites excluding steroid dienone is 4. The zero-order chi connectivity index (χ0) is 16.5. The van der Waals surface area contributed by atoms with Crippen molar-refractivity contribution in [3.8, 4) is 0 Å². The summed E-state index contributed by atoms with van der Waals surface area (Å²) in [7, 11) is -1.58. The molecular formula is C20H34OSi. The Labute approximate surface area is 138 Å². The fourth-order valence-corrected chi connectivity index (χ4v) is 5.27. The highest BCUT2D eigenvalue weighted by atomic mass is 28.4. The van der Waals surface area contributed by atoms with Crippen molar-refractivity contribution in [2.24, 2.45) is 17.3 Å². The largest absolute Gasteiger partial charge is 0.544 e. The van der Waals surface area contributed by atoms with E-state index in [-0.39, 0.29) is 0 Å². The molecule has 2 heteroatoms. The number of hydrogen-bond donors (Lipinski definition) is 0. The SMILES string of the molecule is C=CCC1=C(O[Si](C)(C)C)C=C2CC[C@H](C(C)C)[C@@]2(C)CC1. The molecule has 0 aromatic heterocycles. The van der Waals surface area contributed by atoms with Gasteiger partial charge in [-0.3, -0.25) is 0 Å². The molecule has 0 heterocycles. The van der Waals surface area contributed by atoms with Gasteiger partial charge in [0.2, 0.25) is 8.32 Å². The van der Waals surface area contributed by atoms with E-state index in [1.807, 2.05) is 6.08 Å². The lowest BCUT2D eigenvalue weighted by Crippen LogP contribution is -2.27. The third-order valence-electron chi connectivity index (χ3n) is 5.49. The molecule has 1 saturated carbocycles. The van der Waals surface area contributed by atoms with Crippen LogP contribution in [0.15, 0.2) is 35.6 Å². The second-order valence-electron chi connectivity index (χ2n) is 8.65. The molecule has 1 fully saturated rings. The minimum Gasteiger partial charge on any atom is -0.544 e. The predicted molar refractivity (Wildman–Crippen MR) is 99.3 cm³/mol. The maximum atomic E-state index is 6.47. The molecule has 0 radical (unpaired) electrons. The van der Waals surface area contributed by atoms with E-state index in [0.29, 0.717) is 5.41 Å². The van der Waals surface area contributed by atoms with Gasteiger partial charge < -0.3 is 4.43 Å². The van der Waals surface area contributed by atoms with Crippen LogP contribution in [-0.4, -0.2) is 8.32 Å². The summed E-state index contributed by atoms with van der Waals surface area (Å²) in [6.45, 7) is 18.1. The van der Waals surface area contributed by atoms with Crippen LogP contribution in [0.2, 0.25) is 19.6 Å².